The average molecular weight is 344 g/mol. The lowest BCUT2D eigenvalue weighted by Crippen LogP contribution is -2.01. The Bertz CT molecular complexity index is 834. The van der Waals surface area contributed by atoms with Crippen molar-refractivity contribution < 1.29 is 9.84 Å². The molecule has 0 aliphatic carbocycles. The predicted molar refractivity (Wildman–Crippen MR) is 108 cm³/mol. The van der Waals surface area contributed by atoms with Crippen molar-refractivity contribution in [1.29, 1.82) is 0 Å². The maximum Gasteiger partial charge on any atom is 0.119 e. The second-order valence-electron chi connectivity index (χ2n) is 6.04. The van der Waals surface area contributed by atoms with Crippen molar-refractivity contribution in [1.82, 2.24) is 0 Å². The second kappa shape index (κ2) is 9.02. The van der Waals surface area contributed by atoms with E-state index in [0.29, 0.717) is 6.61 Å². The summed E-state index contributed by atoms with van der Waals surface area (Å²) in [6.45, 7) is 2.53. The highest BCUT2D eigenvalue weighted by molar-refractivity contribution is 5.98. The number of rotatable bonds is 7. The highest BCUT2D eigenvalue weighted by Crippen LogP contribution is 2.34. The van der Waals surface area contributed by atoms with Crippen molar-refractivity contribution in [2.75, 3.05) is 13.2 Å². The molecule has 0 fully saturated rings. The third-order valence-corrected chi connectivity index (χ3v) is 4.34. The fraction of sp³-hybridized carbons (Fsp3) is 0.167. The van der Waals surface area contributed by atoms with Crippen LogP contribution in [0, 0.1) is 0 Å². The zero-order valence-corrected chi connectivity index (χ0v) is 15.1. The molecule has 2 nitrogen and oxygen atoms in total. The molecular weight excluding hydrogens is 320 g/mol. The molecule has 3 aromatic rings. The molecule has 0 bridgehead atoms. The lowest BCUT2D eigenvalue weighted by atomic mass is 9.88. The minimum absolute atomic E-state index is 0.0188. The van der Waals surface area contributed by atoms with Crippen LogP contribution in [0.15, 0.2) is 84.9 Å². The van der Waals surface area contributed by atoms with Gasteiger partial charge in [-0.2, -0.15) is 0 Å². The van der Waals surface area contributed by atoms with Crippen LogP contribution in [0.2, 0.25) is 0 Å². The van der Waals surface area contributed by atoms with Crippen LogP contribution in [0.4, 0.5) is 0 Å². The Morgan fingerprint density at radius 1 is 0.731 bits per heavy atom. The van der Waals surface area contributed by atoms with Gasteiger partial charge in [-0.25, -0.2) is 0 Å². The summed E-state index contributed by atoms with van der Waals surface area (Å²) in [7, 11) is 0. The van der Waals surface area contributed by atoms with Gasteiger partial charge in [-0.1, -0.05) is 79.7 Å². The van der Waals surface area contributed by atoms with E-state index in [-0.39, 0.29) is 6.61 Å². The van der Waals surface area contributed by atoms with Gasteiger partial charge in [-0.05, 0) is 46.4 Å². The molecule has 0 heterocycles. The summed E-state index contributed by atoms with van der Waals surface area (Å²) in [5.74, 6) is 0.771. The number of allylic oxidation sites excluding steroid dienone is 1. The third-order valence-electron chi connectivity index (χ3n) is 4.34. The van der Waals surface area contributed by atoms with Gasteiger partial charge in [0.15, 0.2) is 0 Å². The van der Waals surface area contributed by atoms with E-state index in [1.807, 2.05) is 24.3 Å². The molecule has 0 unspecified atom stereocenters. The molecule has 132 valence electrons. The summed E-state index contributed by atoms with van der Waals surface area (Å²) in [5, 5.41) is 8.92. The molecule has 0 aromatic heterocycles. The van der Waals surface area contributed by atoms with Crippen LogP contribution in [0.5, 0.6) is 5.75 Å². The number of aliphatic hydroxyl groups is 1. The van der Waals surface area contributed by atoms with Crippen LogP contribution in [-0.4, -0.2) is 18.3 Å². The summed E-state index contributed by atoms with van der Waals surface area (Å²) < 4.78 is 5.50. The van der Waals surface area contributed by atoms with E-state index in [2.05, 4.69) is 67.6 Å². The summed E-state index contributed by atoms with van der Waals surface area (Å²) in [6.07, 6.45) is 0.941. The van der Waals surface area contributed by atoms with E-state index >= 15 is 0 Å². The quantitative estimate of drug-likeness (QED) is 0.579. The minimum Gasteiger partial charge on any atom is -0.491 e. The molecule has 0 aliphatic heterocycles. The van der Waals surface area contributed by atoms with E-state index in [1.165, 1.54) is 22.3 Å². The predicted octanol–water partition coefficient (Wildman–Crippen LogP) is 5.43. The van der Waals surface area contributed by atoms with Crippen LogP contribution in [0.25, 0.3) is 11.1 Å². The first-order chi connectivity index (χ1) is 12.8. The van der Waals surface area contributed by atoms with E-state index < -0.39 is 0 Å². The molecule has 0 saturated heterocycles. The maximum atomic E-state index is 8.92. The van der Waals surface area contributed by atoms with Crippen molar-refractivity contribution in [3.05, 3.63) is 102 Å². The molecule has 0 saturated carbocycles. The molecule has 0 radical (unpaired) electrons. The lowest BCUT2D eigenvalue weighted by molar-refractivity contribution is 0.201. The number of benzene rings is 3. The monoisotopic (exact) mass is 344 g/mol. The van der Waals surface area contributed by atoms with E-state index in [1.54, 1.807) is 0 Å². The number of ether oxygens (including phenoxy) is 1. The van der Waals surface area contributed by atoms with E-state index in [4.69, 9.17) is 9.84 Å². The van der Waals surface area contributed by atoms with Crippen molar-refractivity contribution in [2.24, 2.45) is 0 Å². The van der Waals surface area contributed by atoms with Gasteiger partial charge in [0.2, 0.25) is 0 Å². The summed E-state index contributed by atoms with van der Waals surface area (Å²) >= 11 is 0. The normalized spacial score (nSPS) is 11.8. The first-order valence-corrected chi connectivity index (χ1v) is 9.01. The van der Waals surface area contributed by atoms with E-state index in [0.717, 1.165) is 17.7 Å². The van der Waals surface area contributed by atoms with Crippen LogP contribution in [-0.2, 0) is 0 Å². The first kappa shape index (κ1) is 18.0. The molecule has 0 spiro atoms. The Kier molecular flexibility index (Phi) is 6.24. The SMILES string of the molecule is CC/C(=C(/c1ccccc1)c1ccc(OCCO)cc1)c1ccccc1. The van der Waals surface area contributed by atoms with Gasteiger partial charge in [-0.3, -0.25) is 0 Å². The number of aliphatic hydroxyl groups excluding tert-OH is 1. The topological polar surface area (TPSA) is 29.5 Å². The minimum atomic E-state index is 0.0188. The fourth-order valence-electron chi connectivity index (χ4n) is 3.17. The van der Waals surface area contributed by atoms with Gasteiger partial charge < -0.3 is 9.84 Å². The van der Waals surface area contributed by atoms with Gasteiger partial charge in [0, 0.05) is 0 Å². The second-order valence-corrected chi connectivity index (χ2v) is 6.04. The number of hydrogen-bond donors (Lipinski definition) is 1. The van der Waals surface area contributed by atoms with Crippen LogP contribution < -0.4 is 4.74 Å². The molecular formula is C24H24O2. The van der Waals surface area contributed by atoms with Gasteiger partial charge in [0.05, 0.1) is 6.61 Å². The summed E-state index contributed by atoms with van der Waals surface area (Å²) in [4.78, 5) is 0. The van der Waals surface area contributed by atoms with Crippen molar-refractivity contribution >= 4 is 11.1 Å². The van der Waals surface area contributed by atoms with E-state index in [9.17, 15) is 0 Å². The highest BCUT2D eigenvalue weighted by atomic mass is 16.5. The zero-order valence-electron chi connectivity index (χ0n) is 15.1. The summed E-state index contributed by atoms with van der Waals surface area (Å²) in [5.41, 5.74) is 6.17. The average Bonchev–Trinajstić information content (AvgIpc) is 2.72. The van der Waals surface area contributed by atoms with Crippen LogP contribution >= 0.6 is 0 Å². The van der Waals surface area contributed by atoms with Crippen LogP contribution in [0.3, 0.4) is 0 Å². The van der Waals surface area contributed by atoms with Gasteiger partial charge in [0.25, 0.3) is 0 Å². The van der Waals surface area contributed by atoms with Gasteiger partial charge in [-0.15, -0.1) is 0 Å². The Morgan fingerprint density at radius 3 is 1.81 bits per heavy atom. The zero-order chi connectivity index (χ0) is 18.2. The lowest BCUT2D eigenvalue weighted by Gasteiger charge is -2.16. The largest absolute Gasteiger partial charge is 0.491 e. The first-order valence-electron chi connectivity index (χ1n) is 9.01. The van der Waals surface area contributed by atoms with Gasteiger partial charge >= 0.3 is 0 Å². The molecule has 2 heteroatoms. The molecule has 0 aliphatic rings. The Balaban J connectivity index is 2.11. The third kappa shape index (κ3) is 4.22. The molecule has 3 aromatic carbocycles. The smallest absolute Gasteiger partial charge is 0.119 e. The molecule has 1 N–H and O–H groups in total. The highest BCUT2D eigenvalue weighted by Gasteiger charge is 2.12. The van der Waals surface area contributed by atoms with Crippen molar-refractivity contribution in [2.45, 2.75) is 13.3 Å². The molecule has 0 amide bonds. The van der Waals surface area contributed by atoms with Crippen LogP contribution in [0.1, 0.15) is 30.0 Å². The molecule has 0 atom stereocenters. The van der Waals surface area contributed by atoms with Gasteiger partial charge in [0.1, 0.15) is 12.4 Å². The molecule has 3 rings (SSSR count). The maximum absolute atomic E-state index is 8.92. The summed E-state index contributed by atoms with van der Waals surface area (Å²) in [6, 6.07) is 29.2. The Hall–Kier alpha value is -2.84. The van der Waals surface area contributed by atoms with Crippen molar-refractivity contribution in [3.63, 3.8) is 0 Å². The number of hydrogen-bond acceptors (Lipinski definition) is 2. The van der Waals surface area contributed by atoms with Crippen molar-refractivity contribution in [3.8, 4) is 5.75 Å². The Morgan fingerprint density at radius 2 is 1.27 bits per heavy atom. The standard InChI is InChI=1S/C24H24O2/c1-2-23(19-9-5-3-6-10-19)24(20-11-7-4-8-12-20)21-13-15-22(16-14-21)26-18-17-25/h3-16,25H,2,17-18H2,1H3/b24-23+. The molecule has 26 heavy (non-hydrogen) atoms. The fourth-order valence-corrected chi connectivity index (χ4v) is 3.17. The Labute approximate surface area is 155 Å².